The Kier molecular flexibility index (Phi) is 7.89. The Morgan fingerprint density at radius 2 is 2.00 bits per heavy atom. The van der Waals surface area contributed by atoms with Crippen molar-refractivity contribution >= 4 is 33.6 Å². The molecule has 23 heavy (non-hydrogen) atoms. The van der Waals surface area contributed by atoms with Gasteiger partial charge in [0, 0.05) is 23.4 Å². The summed E-state index contributed by atoms with van der Waals surface area (Å²) in [6.45, 7) is 6.03. The van der Waals surface area contributed by atoms with Crippen molar-refractivity contribution in [1.29, 1.82) is 0 Å². The summed E-state index contributed by atoms with van der Waals surface area (Å²) in [5.74, 6) is -0.455. The molecule has 0 aliphatic carbocycles. The molecule has 7 nitrogen and oxygen atoms in total. The molecule has 10 heteroatoms. The fourth-order valence-electron chi connectivity index (χ4n) is 2.56. The molecule has 2 rings (SSSR count). The first-order chi connectivity index (χ1) is 10.2. The number of benzene rings is 1. The van der Waals surface area contributed by atoms with Gasteiger partial charge in [-0.05, 0) is 26.0 Å². The second-order valence-electron chi connectivity index (χ2n) is 5.52. The van der Waals surface area contributed by atoms with Gasteiger partial charge in [-0.3, -0.25) is 5.04 Å². The molecule has 0 radical (unpaired) electrons. The molecule has 1 heterocycles. The zero-order valence-corrected chi connectivity index (χ0v) is 18.1. The van der Waals surface area contributed by atoms with Gasteiger partial charge in [-0.15, -0.1) is 0 Å². The summed E-state index contributed by atoms with van der Waals surface area (Å²) in [6.07, 6.45) is 0. The molecule has 0 atom stereocenters. The van der Waals surface area contributed by atoms with E-state index < -0.39 is 15.9 Å². The van der Waals surface area contributed by atoms with Crippen LogP contribution in [0.2, 0.25) is 0 Å². The topological polar surface area (TPSA) is 102 Å². The molecule has 0 fully saturated rings. The monoisotopic (exact) mass is 385 g/mol. The van der Waals surface area contributed by atoms with Crippen LogP contribution >= 0.6 is 12.0 Å². The van der Waals surface area contributed by atoms with E-state index in [0.29, 0.717) is 4.90 Å². The zero-order valence-electron chi connectivity index (χ0n) is 13.4. The Morgan fingerprint density at radius 1 is 1.35 bits per heavy atom. The van der Waals surface area contributed by atoms with E-state index in [1.165, 1.54) is 0 Å². The van der Waals surface area contributed by atoms with Crippen LogP contribution in [0.5, 0.6) is 0 Å². The van der Waals surface area contributed by atoms with Crippen LogP contribution in [-0.2, 0) is 24.9 Å². The predicted octanol–water partition coefficient (Wildman–Crippen LogP) is -2.14. The molecule has 1 aliphatic rings. The van der Waals surface area contributed by atoms with Gasteiger partial charge < -0.3 is 9.81 Å². The molecular weight excluding hydrogens is 369 g/mol. The first-order valence-electron chi connectivity index (χ1n) is 6.49. The number of fused-ring (bicyclic) bond motifs is 1. The molecule has 0 spiro atoms. The number of nitrogens with zero attached hydrogens (tertiary/aromatic N) is 1. The van der Waals surface area contributed by atoms with Crippen molar-refractivity contribution in [2.24, 2.45) is 0 Å². The van der Waals surface area contributed by atoms with Crippen molar-refractivity contribution in [3.63, 3.8) is 0 Å². The van der Waals surface area contributed by atoms with Gasteiger partial charge in [-0.2, -0.15) is 8.91 Å². The van der Waals surface area contributed by atoms with Crippen LogP contribution in [0.25, 0.3) is 0 Å². The van der Waals surface area contributed by atoms with Crippen molar-refractivity contribution in [1.82, 2.24) is 0 Å². The van der Waals surface area contributed by atoms with Crippen molar-refractivity contribution in [3.8, 4) is 0 Å². The average molecular weight is 386 g/mol. The summed E-state index contributed by atoms with van der Waals surface area (Å²) in [4.78, 5) is 0.689. The molecule has 1 aromatic rings. The van der Waals surface area contributed by atoms with Gasteiger partial charge in [0.2, 0.25) is 5.69 Å². The van der Waals surface area contributed by atoms with Crippen molar-refractivity contribution in [3.05, 3.63) is 23.8 Å². The number of rotatable bonds is 6. The van der Waals surface area contributed by atoms with E-state index in [0.717, 1.165) is 29.0 Å². The van der Waals surface area contributed by atoms with Gasteiger partial charge in [0.05, 0.1) is 23.2 Å². The summed E-state index contributed by atoms with van der Waals surface area (Å²) in [5, 5.41) is 13.2. The minimum atomic E-state index is -4.28. The largest absolute Gasteiger partial charge is 1.00 e. The van der Waals surface area contributed by atoms with Crippen molar-refractivity contribution < 1.29 is 83.6 Å². The third-order valence-electron chi connectivity index (χ3n) is 3.96. The molecule has 1 aliphatic heterocycles. The molecular formula is C13H16KNO6S2. The van der Waals surface area contributed by atoms with Crippen molar-refractivity contribution in [2.45, 2.75) is 31.1 Å². The Balaban J connectivity index is 0.00000264. The second-order valence-corrected chi connectivity index (χ2v) is 7.82. The van der Waals surface area contributed by atoms with E-state index in [1.54, 1.807) is 6.07 Å². The quantitative estimate of drug-likeness (QED) is 0.138. The minimum Gasteiger partial charge on any atom is -0.748 e. The first-order valence-corrected chi connectivity index (χ1v) is 8.81. The maximum atomic E-state index is 10.9. The van der Waals surface area contributed by atoms with Crippen LogP contribution in [0.3, 0.4) is 0 Å². The van der Waals surface area contributed by atoms with Gasteiger partial charge >= 0.3 is 51.4 Å². The summed E-state index contributed by atoms with van der Waals surface area (Å²) < 4.78 is 38.8. The van der Waals surface area contributed by atoms with Gasteiger partial charge in [0.15, 0.2) is 12.3 Å². The van der Waals surface area contributed by atoms with Gasteiger partial charge in [-0.25, -0.2) is 8.42 Å². The van der Waals surface area contributed by atoms with E-state index >= 15 is 0 Å². The summed E-state index contributed by atoms with van der Waals surface area (Å²) in [6, 6.07) is 5.39. The third kappa shape index (κ3) is 5.08. The molecule has 0 N–H and O–H groups in total. The van der Waals surface area contributed by atoms with Crippen LogP contribution in [0.4, 0.5) is 5.69 Å². The molecule has 0 amide bonds. The molecule has 0 saturated heterocycles. The predicted molar refractivity (Wildman–Crippen MR) is 77.5 cm³/mol. The fourth-order valence-corrected chi connectivity index (χ4v) is 3.36. The third-order valence-corrected chi connectivity index (χ3v) is 5.22. The SMILES string of the molecule is CC1=[N+](CCS(=O)(=O)[O-])c2ccc(SOO[O-])cc2C1(C)C.[K+]. The Bertz CT molecular complexity index is 717. The van der Waals surface area contributed by atoms with Gasteiger partial charge in [0.25, 0.3) is 0 Å². The normalized spacial score (nSPS) is 16.2. The van der Waals surface area contributed by atoms with Crippen LogP contribution in [0.1, 0.15) is 26.3 Å². The Labute approximate surface area is 182 Å². The molecule has 0 saturated carbocycles. The summed E-state index contributed by atoms with van der Waals surface area (Å²) in [5.41, 5.74) is 2.44. The van der Waals surface area contributed by atoms with Crippen LogP contribution in [0, 0.1) is 0 Å². The maximum absolute atomic E-state index is 10.9. The summed E-state index contributed by atoms with van der Waals surface area (Å²) in [7, 11) is -4.28. The Morgan fingerprint density at radius 3 is 2.57 bits per heavy atom. The van der Waals surface area contributed by atoms with Crippen molar-refractivity contribution in [2.75, 3.05) is 12.3 Å². The van der Waals surface area contributed by atoms with E-state index in [4.69, 9.17) is 0 Å². The molecule has 0 aromatic heterocycles. The molecule has 0 bridgehead atoms. The van der Waals surface area contributed by atoms with E-state index in [9.17, 15) is 18.2 Å². The average Bonchev–Trinajstić information content (AvgIpc) is 2.62. The minimum absolute atomic E-state index is 0. The number of hydrogen-bond donors (Lipinski definition) is 0. The van der Waals surface area contributed by atoms with E-state index in [1.807, 2.05) is 37.5 Å². The number of hydrogen-bond acceptors (Lipinski definition) is 7. The molecule has 122 valence electrons. The Hall–Kier alpha value is 0.666. The summed E-state index contributed by atoms with van der Waals surface area (Å²) >= 11 is 0.799. The zero-order chi connectivity index (χ0) is 16.5. The fraction of sp³-hybridized carbons (Fsp3) is 0.462. The first kappa shape index (κ1) is 21.7. The van der Waals surface area contributed by atoms with Crippen LogP contribution in [-0.4, -0.2) is 35.6 Å². The molecule has 0 unspecified atom stereocenters. The van der Waals surface area contributed by atoms with Crippen LogP contribution < -0.4 is 56.6 Å². The van der Waals surface area contributed by atoms with Gasteiger partial charge in [-0.1, -0.05) is 0 Å². The van der Waals surface area contributed by atoms with Gasteiger partial charge in [0.1, 0.15) is 10.1 Å². The smallest absolute Gasteiger partial charge is 0.748 e. The molecule has 1 aromatic carbocycles. The van der Waals surface area contributed by atoms with Crippen LogP contribution in [0.15, 0.2) is 23.1 Å². The second kappa shape index (κ2) is 8.36. The maximum Gasteiger partial charge on any atom is 1.00 e. The van der Waals surface area contributed by atoms with E-state index in [2.05, 4.69) is 9.37 Å². The standard InChI is InChI=1S/C13H17NO6S2.K/c1-9-13(2,3)11-8-10(21-20-19-15)4-5-12(11)14(9)6-7-22(16,17)18;/h4-5,8H,6-7H2,1-3H3,(H-,15,16,17,18);/q;+1/p-1. The van der Waals surface area contributed by atoms with E-state index in [-0.39, 0.29) is 63.3 Å².